The highest BCUT2D eigenvalue weighted by Gasteiger charge is 2.16. The number of allylic oxidation sites excluding steroid dienone is 3. The zero-order valence-electron chi connectivity index (χ0n) is 15.6. The van der Waals surface area contributed by atoms with Crippen molar-refractivity contribution in [3.05, 3.63) is 83.5 Å². The molecule has 130 valence electrons. The molecule has 0 N–H and O–H groups in total. The summed E-state index contributed by atoms with van der Waals surface area (Å²) in [6, 6.07) is 14.2. The van der Waals surface area contributed by atoms with Gasteiger partial charge < -0.3 is 0 Å². The summed E-state index contributed by atoms with van der Waals surface area (Å²) >= 11 is 0. The summed E-state index contributed by atoms with van der Waals surface area (Å²) in [5.74, 6) is 0. The van der Waals surface area contributed by atoms with Crippen molar-refractivity contribution in [3.63, 3.8) is 0 Å². The van der Waals surface area contributed by atoms with Gasteiger partial charge in [-0.3, -0.25) is 0 Å². The smallest absolute Gasteiger partial charge is 0.0149 e. The SMILES string of the molecule is C=CCCCc1ccc2c(c1)CCc1cc(CCC/C=C/C)ccc1-2. The molecule has 0 heterocycles. The summed E-state index contributed by atoms with van der Waals surface area (Å²) in [6.45, 7) is 5.92. The lowest BCUT2D eigenvalue weighted by molar-refractivity contribution is 0.833. The number of benzene rings is 2. The summed E-state index contributed by atoms with van der Waals surface area (Å²) in [6.07, 6.45) is 15.9. The second-order valence-corrected chi connectivity index (χ2v) is 7.13. The number of hydrogen-bond acceptors (Lipinski definition) is 0. The molecular weight excluding hydrogens is 300 g/mol. The molecule has 0 heteroatoms. The lowest BCUT2D eigenvalue weighted by Gasteiger charge is -2.21. The van der Waals surface area contributed by atoms with Crippen LogP contribution >= 0.6 is 0 Å². The van der Waals surface area contributed by atoms with Gasteiger partial charge in [-0.15, -0.1) is 6.58 Å². The predicted octanol–water partition coefficient (Wildman–Crippen LogP) is 6.86. The molecule has 0 atom stereocenters. The van der Waals surface area contributed by atoms with Crippen molar-refractivity contribution < 1.29 is 0 Å². The highest BCUT2D eigenvalue weighted by Crippen LogP contribution is 2.35. The number of hydrogen-bond donors (Lipinski definition) is 0. The van der Waals surface area contributed by atoms with Crippen LogP contribution in [0.15, 0.2) is 61.2 Å². The molecule has 0 aliphatic heterocycles. The maximum absolute atomic E-state index is 3.82. The van der Waals surface area contributed by atoms with Gasteiger partial charge in [-0.1, -0.05) is 54.6 Å². The van der Waals surface area contributed by atoms with Crippen molar-refractivity contribution in [1.82, 2.24) is 0 Å². The van der Waals surface area contributed by atoms with E-state index in [0.717, 1.165) is 12.8 Å². The van der Waals surface area contributed by atoms with Gasteiger partial charge in [0.25, 0.3) is 0 Å². The van der Waals surface area contributed by atoms with Crippen LogP contribution in [0.3, 0.4) is 0 Å². The normalized spacial score (nSPS) is 12.8. The third kappa shape index (κ3) is 4.51. The molecule has 0 unspecified atom stereocenters. The van der Waals surface area contributed by atoms with Crippen molar-refractivity contribution in [3.8, 4) is 11.1 Å². The van der Waals surface area contributed by atoms with Gasteiger partial charge in [0.15, 0.2) is 0 Å². The van der Waals surface area contributed by atoms with Crippen molar-refractivity contribution in [2.24, 2.45) is 0 Å². The van der Waals surface area contributed by atoms with E-state index in [1.807, 2.05) is 6.08 Å². The summed E-state index contributed by atoms with van der Waals surface area (Å²) in [5.41, 5.74) is 8.95. The Labute approximate surface area is 153 Å². The molecule has 0 spiro atoms. The molecule has 25 heavy (non-hydrogen) atoms. The van der Waals surface area contributed by atoms with Crippen molar-refractivity contribution >= 4 is 0 Å². The average Bonchev–Trinajstić information content (AvgIpc) is 2.65. The molecule has 3 rings (SSSR count). The van der Waals surface area contributed by atoms with E-state index >= 15 is 0 Å². The number of aryl methyl sites for hydroxylation is 4. The van der Waals surface area contributed by atoms with Crippen molar-refractivity contribution in [2.75, 3.05) is 0 Å². The van der Waals surface area contributed by atoms with Crippen LogP contribution in [-0.2, 0) is 25.7 Å². The van der Waals surface area contributed by atoms with Crippen LogP contribution in [0, 0.1) is 0 Å². The topological polar surface area (TPSA) is 0 Å². The van der Waals surface area contributed by atoms with E-state index in [-0.39, 0.29) is 0 Å². The average molecular weight is 331 g/mol. The first-order valence-electron chi connectivity index (χ1n) is 9.78. The van der Waals surface area contributed by atoms with Crippen molar-refractivity contribution in [1.29, 1.82) is 0 Å². The molecule has 0 radical (unpaired) electrons. The third-order valence-electron chi connectivity index (χ3n) is 5.24. The maximum Gasteiger partial charge on any atom is -0.0149 e. The first-order chi connectivity index (χ1) is 12.3. The Hall–Kier alpha value is -2.08. The maximum atomic E-state index is 3.82. The van der Waals surface area contributed by atoms with E-state index in [0.29, 0.717) is 0 Å². The highest BCUT2D eigenvalue weighted by atomic mass is 14.2. The van der Waals surface area contributed by atoms with Gasteiger partial charge in [-0.25, -0.2) is 0 Å². The Morgan fingerprint density at radius 1 is 0.840 bits per heavy atom. The van der Waals surface area contributed by atoms with Crippen LogP contribution in [0.2, 0.25) is 0 Å². The molecule has 2 aromatic rings. The number of rotatable bonds is 8. The van der Waals surface area contributed by atoms with Crippen LogP contribution in [0.4, 0.5) is 0 Å². The fourth-order valence-corrected chi connectivity index (χ4v) is 3.85. The van der Waals surface area contributed by atoms with E-state index < -0.39 is 0 Å². The molecule has 0 nitrogen and oxygen atoms in total. The molecule has 0 aromatic heterocycles. The van der Waals surface area contributed by atoms with E-state index in [9.17, 15) is 0 Å². The van der Waals surface area contributed by atoms with Crippen LogP contribution in [0.5, 0.6) is 0 Å². The van der Waals surface area contributed by atoms with E-state index in [4.69, 9.17) is 0 Å². The Morgan fingerprint density at radius 2 is 1.40 bits per heavy atom. The molecule has 0 saturated carbocycles. The monoisotopic (exact) mass is 330 g/mol. The van der Waals surface area contributed by atoms with Gasteiger partial charge in [-0.2, -0.15) is 0 Å². The zero-order chi connectivity index (χ0) is 17.5. The fraction of sp³-hybridized carbons (Fsp3) is 0.360. The molecule has 2 aromatic carbocycles. The molecule has 0 saturated heterocycles. The Kier molecular flexibility index (Phi) is 6.28. The zero-order valence-corrected chi connectivity index (χ0v) is 15.6. The number of fused-ring (bicyclic) bond motifs is 3. The number of unbranched alkanes of at least 4 members (excludes halogenated alkanes) is 2. The minimum absolute atomic E-state index is 1.11. The minimum atomic E-state index is 1.11. The largest absolute Gasteiger partial charge is 0.103 e. The van der Waals surface area contributed by atoms with Gasteiger partial charge in [0.05, 0.1) is 0 Å². The molecule has 0 fully saturated rings. The summed E-state index contributed by atoms with van der Waals surface area (Å²) in [4.78, 5) is 0. The third-order valence-corrected chi connectivity index (χ3v) is 5.24. The standard InChI is InChI=1S/C25H30/c1-3-5-7-9-11-21-13-17-25-23(19-21)15-14-22-18-20(10-8-6-4-2)12-16-24(22)25/h3-5,12-13,16-19H,2,6-11,14-15H2,1H3/b5-3+. The van der Waals surface area contributed by atoms with Crippen LogP contribution in [0.25, 0.3) is 11.1 Å². The first kappa shape index (κ1) is 17.7. The van der Waals surface area contributed by atoms with Crippen LogP contribution in [-0.4, -0.2) is 0 Å². The summed E-state index contributed by atoms with van der Waals surface area (Å²) in [7, 11) is 0. The Morgan fingerprint density at radius 3 is 1.92 bits per heavy atom. The van der Waals surface area contributed by atoms with Gasteiger partial charge >= 0.3 is 0 Å². The van der Waals surface area contributed by atoms with E-state index in [1.54, 1.807) is 0 Å². The van der Waals surface area contributed by atoms with Gasteiger partial charge in [0, 0.05) is 0 Å². The quantitative estimate of drug-likeness (QED) is 0.366. The second-order valence-electron chi connectivity index (χ2n) is 7.13. The summed E-state index contributed by atoms with van der Waals surface area (Å²) in [5, 5.41) is 0. The Balaban J connectivity index is 1.73. The fourth-order valence-electron chi connectivity index (χ4n) is 3.85. The molecule has 1 aliphatic carbocycles. The highest BCUT2D eigenvalue weighted by molar-refractivity contribution is 5.73. The van der Waals surface area contributed by atoms with Gasteiger partial charge in [-0.05, 0) is 91.7 Å². The molecular formula is C25H30. The van der Waals surface area contributed by atoms with Crippen molar-refractivity contribution in [2.45, 2.75) is 58.3 Å². The lowest BCUT2D eigenvalue weighted by Crippen LogP contribution is -2.05. The van der Waals surface area contributed by atoms with E-state index in [2.05, 4.69) is 62.1 Å². The van der Waals surface area contributed by atoms with E-state index in [1.165, 1.54) is 71.9 Å². The Bertz CT molecular complexity index is 749. The van der Waals surface area contributed by atoms with Crippen LogP contribution < -0.4 is 0 Å². The van der Waals surface area contributed by atoms with Gasteiger partial charge in [0.1, 0.15) is 0 Å². The van der Waals surface area contributed by atoms with Crippen LogP contribution in [0.1, 0.15) is 54.9 Å². The summed E-state index contributed by atoms with van der Waals surface area (Å²) < 4.78 is 0. The van der Waals surface area contributed by atoms with Gasteiger partial charge in [0.2, 0.25) is 0 Å². The second kappa shape index (κ2) is 8.85. The predicted molar refractivity (Wildman–Crippen MR) is 110 cm³/mol. The minimum Gasteiger partial charge on any atom is -0.103 e. The molecule has 0 bridgehead atoms. The first-order valence-corrected chi connectivity index (χ1v) is 9.78. The molecule has 0 amide bonds. The lowest BCUT2D eigenvalue weighted by atomic mass is 9.83. The molecule has 1 aliphatic rings.